The van der Waals surface area contributed by atoms with E-state index < -0.39 is 40.6 Å². The Bertz CT molecular complexity index is 1230. The van der Waals surface area contributed by atoms with Crippen LogP contribution in [0.1, 0.15) is 22.6 Å². The summed E-state index contributed by atoms with van der Waals surface area (Å²) in [4.78, 5) is 66.3. The van der Waals surface area contributed by atoms with Crippen molar-refractivity contribution in [3.63, 3.8) is 0 Å². The molecule has 0 bridgehead atoms. The highest BCUT2D eigenvalue weighted by atomic mass is 16.5. The molecule has 1 unspecified atom stereocenters. The number of carbonyl (C=O) groups excluding carboxylic acids is 3. The third-order valence-corrected chi connectivity index (χ3v) is 5.79. The van der Waals surface area contributed by atoms with Gasteiger partial charge in [-0.2, -0.15) is 0 Å². The van der Waals surface area contributed by atoms with Crippen LogP contribution in [0.4, 0.5) is 4.79 Å². The molecule has 1 saturated heterocycles. The molecule has 2 aliphatic heterocycles. The summed E-state index contributed by atoms with van der Waals surface area (Å²) in [6.45, 7) is 1.83. The summed E-state index contributed by atoms with van der Waals surface area (Å²) < 4.78 is 7.91. The predicted molar refractivity (Wildman–Crippen MR) is 104 cm³/mol. The maximum atomic E-state index is 13.4. The lowest BCUT2D eigenvalue weighted by atomic mass is 9.76. The number of aromatic nitrogens is 2. The molecule has 0 saturated carbocycles. The summed E-state index contributed by atoms with van der Waals surface area (Å²) >= 11 is 0. The van der Waals surface area contributed by atoms with E-state index in [9.17, 15) is 24.0 Å². The number of carbonyl (C=O) groups is 3. The third-order valence-electron chi connectivity index (χ3n) is 5.79. The van der Waals surface area contributed by atoms with Gasteiger partial charge in [0.2, 0.25) is 5.88 Å². The second-order valence-corrected chi connectivity index (χ2v) is 7.62. The number of urea groups is 1. The minimum atomic E-state index is -2.22. The van der Waals surface area contributed by atoms with Crippen molar-refractivity contribution in [1.29, 1.82) is 0 Å². The summed E-state index contributed by atoms with van der Waals surface area (Å²) in [6, 6.07) is 6.18. The molecular formula is C20H20N4O6. The van der Waals surface area contributed by atoms with Gasteiger partial charge in [0.15, 0.2) is 0 Å². The van der Waals surface area contributed by atoms with Gasteiger partial charge in [-0.3, -0.25) is 33.3 Å². The zero-order valence-corrected chi connectivity index (χ0v) is 17.1. The smallest absolute Gasteiger partial charge is 0.333 e. The van der Waals surface area contributed by atoms with Crippen LogP contribution in [-0.2, 0) is 23.7 Å². The summed E-state index contributed by atoms with van der Waals surface area (Å²) in [6.07, 6.45) is 0. The molecule has 10 nitrogen and oxygen atoms in total. The molecule has 0 N–H and O–H groups in total. The number of nitrogens with zero attached hydrogens (tertiary/aromatic N) is 4. The van der Waals surface area contributed by atoms with Crippen molar-refractivity contribution in [2.75, 3.05) is 14.1 Å². The molecule has 1 atom stereocenters. The highest BCUT2D eigenvalue weighted by Crippen LogP contribution is 2.49. The molecule has 4 rings (SSSR count). The van der Waals surface area contributed by atoms with Crippen LogP contribution >= 0.6 is 0 Å². The number of imide groups is 2. The maximum Gasteiger partial charge on any atom is 0.333 e. The van der Waals surface area contributed by atoms with Gasteiger partial charge >= 0.3 is 11.7 Å². The van der Waals surface area contributed by atoms with Gasteiger partial charge in [0.1, 0.15) is 0 Å². The van der Waals surface area contributed by atoms with Gasteiger partial charge in [-0.05, 0) is 12.5 Å². The number of hydrogen-bond donors (Lipinski definition) is 0. The molecule has 30 heavy (non-hydrogen) atoms. The van der Waals surface area contributed by atoms with Crippen LogP contribution in [0.2, 0.25) is 0 Å². The maximum absolute atomic E-state index is 13.4. The minimum absolute atomic E-state index is 0.0167. The number of barbiturate groups is 1. The first-order chi connectivity index (χ1) is 14.0. The lowest BCUT2D eigenvalue weighted by molar-refractivity contribution is -0.164. The predicted octanol–water partition coefficient (Wildman–Crippen LogP) is -0.294. The molecule has 3 heterocycles. The van der Waals surface area contributed by atoms with Gasteiger partial charge < -0.3 is 4.74 Å². The average molecular weight is 412 g/mol. The first-order valence-electron chi connectivity index (χ1n) is 9.19. The first kappa shape index (κ1) is 19.6. The fourth-order valence-corrected chi connectivity index (χ4v) is 4.21. The zero-order valence-electron chi connectivity index (χ0n) is 17.1. The number of ether oxygens (including phenoxy) is 1. The SMILES string of the molecule is Cc1cccc(C2c3c(n(C)c(=O)n(C)c3=O)OC23C(=O)N(C)C(=O)N(C)C3=O)c1. The monoisotopic (exact) mass is 412 g/mol. The number of benzene rings is 1. The Morgan fingerprint density at radius 1 is 0.900 bits per heavy atom. The van der Waals surface area contributed by atoms with E-state index in [1.807, 2.05) is 13.0 Å². The quantitative estimate of drug-likeness (QED) is 0.595. The molecule has 1 spiro atoms. The molecule has 0 aliphatic carbocycles. The van der Waals surface area contributed by atoms with Crippen LogP contribution in [0.3, 0.4) is 0 Å². The largest absolute Gasteiger partial charge is 0.450 e. The Morgan fingerprint density at radius 2 is 1.50 bits per heavy atom. The van der Waals surface area contributed by atoms with Crippen LogP contribution in [0.15, 0.2) is 33.9 Å². The summed E-state index contributed by atoms with van der Waals surface area (Å²) in [5, 5.41) is 0. The van der Waals surface area contributed by atoms with Crippen molar-refractivity contribution in [2.45, 2.75) is 18.4 Å². The molecule has 1 fully saturated rings. The molecule has 2 aromatic rings. The van der Waals surface area contributed by atoms with Crippen molar-refractivity contribution in [3.8, 4) is 5.88 Å². The number of likely N-dealkylation sites (N-methyl/N-ethyl adjacent to an activating group) is 2. The Balaban J connectivity index is 2.13. The van der Waals surface area contributed by atoms with Crippen LogP contribution < -0.4 is 16.0 Å². The molecular weight excluding hydrogens is 392 g/mol. The van der Waals surface area contributed by atoms with Crippen molar-refractivity contribution in [3.05, 3.63) is 61.8 Å². The zero-order chi connectivity index (χ0) is 22.1. The van der Waals surface area contributed by atoms with E-state index in [1.54, 1.807) is 18.2 Å². The van der Waals surface area contributed by atoms with Gasteiger partial charge in [0, 0.05) is 28.2 Å². The number of hydrogen-bond acceptors (Lipinski definition) is 6. The first-order valence-corrected chi connectivity index (χ1v) is 9.19. The molecule has 1 aromatic heterocycles. The summed E-state index contributed by atoms with van der Waals surface area (Å²) in [5.74, 6) is -3.09. The fourth-order valence-electron chi connectivity index (χ4n) is 4.21. The van der Waals surface area contributed by atoms with Crippen LogP contribution in [0.5, 0.6) is 5.88 Å². The van der Waals surface area contributed by atoms with Crippen molar-refractivity contribution < 1.29 is 19.1 Å². The van der Waals surface area contributed by atoms with Gasteiger partial charge in [0.05, 0.1) is 11.5 Å². The van der Waals surface area contributed by atoms with E-state index >= 15 is 0 Å². The van der Waals surface area contributed by atoms with E-state index in [4.69, 9.17) is 4.74 Å². The third kappa shape index (κ3) is 2.21. The second kappa shape index (κ2) is 6.15. The molecule has 4 amide bonds. The van der Waals surface area contributed by atoms with E-state index in [2.05, 4.69) is 0 Å². The van der Waals surface area contributed by atoms with Crippen molar-refractivity contribution >= 4 is 17.8 Å². The number of aryl methyl sites for hydroxylation is 1. The molecule has 0 radical (unpaired) electrons. The molecule has 156 valence electrons. The van der Waals surface area contributed by atoms with Crippen molar-refractivity contribution in [1.82, 2.24) is 18.9 Å². The van der Waals surface area contributed by atoms with Crippen LogP contribution in [0, 0.1) is 6.92 Å². The molecule has 2 aliphatic rings. The standard InChI is InChI=1S/C20H20N4O6/c1-10-7-6-8-11(9-10)13-12-14(25)21(2)18(28)22(3)15(12)30-20(13)16(26)23(4)19(29)24(5)17(20)27/h6-9,13H,1-5H3. The Kier molecular flexibility index (Phi) is 4.02. The average Bonchev–Trinajstić information content (AvgIpc) is 3.09. The number of fused-ring (bicyclic) bond motifs is 1. The fraction of sp³-hybridized carbons (Fsp3) is 0.350. The highest BCUT2D eigenvalue weighted by molar-refractivity contribution is 6.22. The van der Waals surface area contributed by atoms with Crippen molar-refractivity contribution in [2.24, 2.45) is 14.1 Å². The lowest BCUT2D eigenvalue weighted by Crippen LogP contribution is -2.70. The van der Waals surface area contributed by atoms with Gasteiger partial charge in [0.25, 0.3) is 23.0 Å². The lowest BCUT2D eigenvalue weighted by Gasteiger charge is -2.41. The number of rotatable bonds is 1. The Morgan fingerprint density at radius 3 is 2.07 bits per heavy atom. The van der Waals surface area contributed by atoms with E-state index in [0.29, 0.717) is 5.56 Å². The minimum Gasteiger partial charge on any atom is -0.450 e. The Labute approximate surface area is 170 Å². The summed E-state index contributed by atoms with van der Waals surface area (Å²) in [5.41, 5.74) is -2.20. The topological polar surface area (TPSA) is 111 Å². The van der Waals surface area contributed by atoms with Crippen LogP contribution in [0.25, 0.3) is 0 Å². The van der Waals surface area contributed by atoms with E-state index in [-0.39, 0.29) is 11.4 Å². The normalized spacial score (nSPS) is 20.0. The van der Waals surface area contributed by atoms with E-state index in [0.717, 1.165) is 24.5 Å². The summed E-state index contributed by atoms with van der Waals surface area (Å²) in [7, 11) is 5.19. The van der Waals surface area contributed by atoms with Gasteiger partial charge in [-0.15, -0.1) is 0 Å². The molecule has 1 aromatic carbocycles. The van der Waals surface area contributed by atoms with Gasteiger partial charge in [-0.1, -0.05) is 29.8 Å². The van der Waals surface area contributed by atoms with Gasteiger partial charge in [-0.25, -0.2) is 9.59 Å². The number of amides is 4. The van der Waals surface area contributed by atoms with E-state index in [1.165, 1.54) is 28.2 Å². The van der Waals surface area contributed by atoms with Crippen LogP contribution in [-0.4, -0.2) is 56.5 Å². The molecule has 10 heteroatoms. The second-order valence-electron chi connectivity index (χ2n) is 7.62. The highest BCUT2D eigenvalue weighted by Gasteiger charge is 2.68. The Hall–Kier alpha value is -3.69.